The van der Waals surface area contributed by atoms with Gasteiger partial charge in [0.2, 0.25) is 0 Å². The van der Waals surface area contributed by atoms with E-state index in [0.29, 0.717) is 5.56 Å². The molecule has 1 unspecified atom stereocenters. The molecule has 154 valence electrons. The van der Waals surface area contributed by atoms with Gasteiger partial charge in [-0.15, -0.1) is 11.3 Å². The second kappa shape index (κ2) is 9.83. The fraction of sp³-hybridized carbons (Fsp3) is 0.435. The predicted octanol–water partition coefficient (Wildman–Crippen LogP) is 4.26. The Balaban J connectivity index is 1.42. The first-order valence-corrected chi connectivity index (χ1v) is 11.0. The molecule has 0 bridgehead atoms. The Kier molecular flexibility index (Phi) is 7.20. The first kappa shape index (κ1) is 21.2. The molecule has 2 aromatic rings. The van der Waals surface area contributed by atoms with Gasteiger partial charge in [0.1, 0.15) is 0 Å². The van der Waals surface area contributed by atoms with E-state index in [9.17, 15) is 14.4 Å². The van der Waals surface area contributed by atoms with E-state index < -0.39 is 5.97 Å². The summed E-state index contributed by atoms with van der Waals surface area (Å²) in [6.45, 7) is 3.73. The number of thiophene rings is 1. The first-order chi connectivity index (χ1) is 13.9. The molecule has 1 heterocycles. The van der Waals surface area contributed by atoms with Gasteiger partial charge in [-0.1, -0.05) is 32.0 Å². The summed E-state index contributed by atoms with van der Waals surface area (Å²) in [5.74, 6) is -0.723. The third-order valence-electron chi connectivity index (χ3n) is 5.17. The van der Waals surface area contributed by atoms with Crippen LogP contribution in [0.15, 0.2) is 35.7 Å². The topological polar surface area (TPSA) is 72.5 Å². The van der Waals surface area contributed by atoms with Gasteiger partial charge in [0, 0.05) is 16.9 Å². The molecule has 3 rings (SSSR count). The van der Waals surface area contributed by atoms with Crippen molar-refractivity contribution >= 4 is 29.0 Å². The molecule has 1 aliphatic rings. The number of hydrogen-bond acceptors (Lipinski definition) is 5. The highest BCUT2D eigenvalue weighted by Crippen LogP contribution is 2.26. The zero-order valence-corrected chi connectivity index (χ0v) is 17.7. The Bertz CT molecular complexity index is 873. The number of ether oxygens (including phenoxy) is 1. The minimum Gasteiger partial charge on any atom is -0.456 e. The molecule has 0 aliphatic heterocycles. The molecule has 1 aromatic carbocycles. The van der Waals surface area contributed by atoms with Crippen LogP contribution in [-0.2, 0) is 27.2 Å². The van der Waals surface area contributed by atoms with Crippen LogP contribution in [0.3, 0.4) is 0 Å². The van der Waals surface area contributed by atoms with Crippen molar-refractivity contribution in [3.05, 3.63) is 57.3 Å². The monoisotopic (exact) mass is 413 g/mol. The lowest BCUT2D eigenvalue weighted by Crippen LogP contribution is -2.34. The predicted molar refractivity (Wildman–Crippen MR) is 113 cm³/mol. The molecule has 0 fully saturated rings. The van der Waals surface area contributed by atoms with Gasteiger partial charge in [0.05, 0.1) is 12.5 Å². The SMILES string of the molecule is CC(C)C(NC(=O)COC(=O)CCC(=O)c1ccc2c(c1)CCC2)c1cccs1. The molecule has 1 amide bonds. The third-order valence-corrected chi connectivity index (χ3v) is 6.13. The summed E-state index contributed by atoms with van der Waals surface area (Å²) < 4.78 is 5.06. The number of nitrogens with one attached hydrogen (secondary N) is 1. The number of esters is 1. The van der Waals surface area contributed by atoms with Crippen LogP contribution in [-0.4, -0.2) is 24.3 Å². The normalized spacial score (nSPS) is 13.8. The summed E-state index contributed by atoms with van der Waals surface area (Å²) in [7, 11) is 0. The molecular weight excluding hydrogens is 386 g/mol. The molecule has 1 atom stereocenters. The highest BCUT2D eigenvalue weighted by atomic mass is 32.1. The fourth-order valence-corrected chi connectivity index (χ4v) is 4.52. The van der Waals surface area contributed by atoms with Crippen molar-refractivity contribution in [3.8, 4) is 0 Å². The van der Waals surface area contributed by atoms with Gasteiger partial charge in [0.25, 0.3) is 5.91 Å². The maximum atomic E-state index is 12.4. The molecule has 0 spiro atoms. The summed E-state index contributed by atoms with van der Waals surface area (Å²) >= 11 is 1.58. The Morgan fingerprint density at radius 3 is 2.62 bits per heavy atom. The molecule has 29 heavy (non-hydrogen) atoms. The Labute approximate surface area is 175 Å². The maximum absolute atomic E-state index is 12.4. The van der Waals surface area contributed by atoms with Crippen molar-refractivity contribution in [2.75, 3.05) is 6.61 Å². The average Bonchev–Trinajstić information content (AvgIpc) is 3.39. The Hall–Kier alpha value is -2.47. The number of carbonyl (C=O) groups excluding carboxylic acids is 3. The number of carbonyl (C=O) groups is 3. The van der Waals surface area contributed by atoms with E-state index in [0.717, 1.165) is 24.1 Å². The third kappa shape index (κ3) is 5.76. The average molecular weight is 414 g/mol. The number of benzene rings is 1. The van der Waals surface area contributed by atoms with Gasteiger partial charge in [-0.3, -0.25) is 14.4 Å². The van der Waals surface area contributed by atoms with Gasteiger partial charge < -0.3 is 10.1 Å². The summed E-state index contributed by atoms with van der Waals surface area (Å²) in [5, 5.41) is 4.88. The van der Waals surface area contributed by atoms with Crippen LogP contribution in [0.1, 0.15) is 65.5 Å². The number of ketones is 1. The largest absolute Gasteiger partial charge is 0.456 e. The van der Waals surface area contributed by atoms with E-state index >= 15 is 0 Å². The molecule has 0 radical (unpaired) electrons. The number of Topliss-reactive ketones (excluding diaryl/α,β-unsaturated/α-hetero) is 1. The maximum Gasteiger partial charge on any atom is 0.306 e. The highest BCUT2D eigenvalue weighted by Gasteiger charge is 2.20. The molecule has 0 saturated heterocycles. The van der Waals surface area contributed by atoms with Crippen LogP contribution in [0.2, 0.25) is 0 Å². The number of hydrogen-bond donors (Lipinski definition) is 1. The van der Waals surface area contributed by atoms with E-state index in [1.54, 1.807) is 11.3 Å². The van der Waals surface area contributed by atoms with Gasteiger partial charge in [-0.2, -0.15) is 0 Å². The lowest BCUT2D eigenvalue weighted by molar-refractivity contribution is -0.148. The van der Waals surface area contributed by atoms with Crippen LogP contribution in [0.5, 0.6) is 0 Å². The van der Waals surface area contributed by atoms with Crippen molar-refractivity contribution in [2.45, 2.75) is 52.0 Å². The number of amides is 1. The van der Waals surface area contributed by atoms with Crippen molar-refractivity contribution in [1.29, 1.82) is 0 Å². The summed E-state index contributed by atoms with van der Waals surface area (Å²) in [4.78, 5) is 37.6. The molecular formula is C23H27NO4S. The number of fused-ring (bicyclic) bond motifs is 1. The quantitative estimate of drug-likeness (QED) is 0.493. The smallest absolute Gasteiger partial charge is 0.306 e. The Morgan fingerprint density at radius 2 is 1.90 bits per heavy atom. The van der Waals surface area contributed by atoms with Crippen LogP contribution in [0.25, 0.3) is 0 Å². The fourth-order valence-electron chi connectivity index (χ4n) is 3.57. The number of rotatable bonds is 9. The van der Waals surface area contributed by atoms with Gasteiger partial charge in [0.15, 0.2) is 12.4 Å². The van der Waals surface area contributed by atoms with Gasteiger partial charge in [-0.25, -0.2) is 0 Å². The molecule has 1 aliphatic carbocycles. The zero-order valence-electron chi connectivity index (χ0n) is 16.9. The summed E-state index contributed by atoms with van der Waals surface area (Å²) in [6.07, 6.45) is 3.27. The summed E-state index contributed by atoms with van der Waals surface area (Å²) in [6, 6.07) is 9.60. The lowest BCUT2D eigenvalue weighted by Gasteiger charge is -2.21. The molecule has 6 heteroatoms. The van der Waals surface area contributed by atoms with Crippen molar-refractivity contribution in [1.82, 2.24) is 5.32 Å². The van der Waals surface area contributed by atoms with Crippen molar-refractivity contribution in [3.63, 3.8) is 0 Å². The highest BCUT2D eigenvalue weighted by molar-refractivity contribution is 7.10. The van der Waals surface area contributed by atoms with Crippen molar-refractivity contribution < 1.29 is 19.1 Å². The molecule has 5 nitrogen and oxygen atoms in total. The second-order valence-corrected chi connectivity index (χ2v) is 8.70. The number of aryl methyl sites for hydroxylation is 2. The lowest BCUT2D eigenvalue weighted by atomic mass is 10.0. The van der Waals surface area contributed by atoms with E-state index in [4.69, 9.17) is 4.74 Å². The van der Waals surface area contributed by atoms with E-state index in [-0.39, 0.29) is 43.1 Å². The van der Waals surface area contributed by atoms with Gasteiger partial charge >= 0.3 is 5.97 Å². The van der Waals surface area contributed by atoms with E-state index in [2.05, 4.69) is 5.32 Å². The minimum absolute atomic E-state index is 0.0261. The zero-order chi connectivity index (χ0) is 20.8. The standard InChI is InChI=1S/C23H27NO4S/c1-15(2)23(20-7-4-12-29-20)24-21(26)14-28-22(27)11-10-19(25)18-9-8-16-5-3-6-17(16)13-18/h4,7-9,12-13,15,23H,3,5-6,10-11,14H2,1-2H3,(H,24,26). The van der Waals surface area contributed by atoms with Crippen molar-refractivity contribution in [2.24, 2.45) is 5.92 Å². The van der Waals surface area contributed by atoms with E-state index in [1.807, 2.05) is 49.6 Å². The van der Waals surface area contributed by atoms with E-state index in [1.165, 1.54) is 11.1 Å². The molecule has 0 saturated carbocycles. The van der Waals surface area contributed by atoms with Gasteiger partial charge in [-0.05, 0) is 53.8 Å². The Morgan fingerprint density at radius 1 is 1.10 bits per heavy atom. The minimum atomic E-state index is -0.535. The summed E-state index contributed by atoms with van der Waals surface area (Å²) in [5.41, 5.74) is 3.20. The first-order valence-electron chi connectivity index (χ1n) is 10.1. The van der Waals surface area contributed by atoms with Crippen LogP contribution in [0.4, 0.5) is 0 Å². The second-order valence-electron chi connectivity index (χ2n) is 7.73. The van der Waals surface area contributed by atoms with Crippen LogP contribution in [0, 0.1) is 5.92 Å². The molecule has 1 aromatic heterocycles. The molecule has 1 N–H and O–H groups in total. The van der Waals surface area contributed by atoms with Crippen LogP contribution >= 0.6 is 11.3 Å². The van der Waals surface area contributed by atoms with Crippen LogP contribution < -0.4 is 5.32 Å².